The summed E-state index contributed by atoms with van der Waals surface area (Å²) in [7, 11) is -7.81. The van der Waals surface area contributed by atoms with E-state index in [-0.39, 0.29) is 28.4 Å². The second kappa shape index (κ2) is 6.01. The number of primary sulfonamides is 1. The van der Waals surface area contributed by atoms with Crippen molar-refractivity contribution >= 4 is 20.0 Å². The smallest absolute Gasteiger partial charge is 0.240 e. The summed E-state index contributed by atoms with van der Waals surface area (Å²) in [5, 5.41) is 14.2. The minimum absolute atomic E-state index is 0.0790. The van der Waals surface area contributed by atoms with Crippen molar-refractivity contribution in [3.05, 3.63) is 24.3 Å². The van der Waals surface area contributed by atoms with E-state index in [0.29, 0.717) is 6.42 Å². The van der Waals surface area contributed by atoms with Gasteiger partial charge in [-0.3, -0.25) is 0 Å². The first-order chi connectivity index (χ1) is 9.74. The van der Waals surface area contributed by atoms with Crippen molar-refractivity contribution in [3.8, 4) is 0 Å². The summed E-state index contributed by atoms with van der Waals surface area (Å²) in [5.41, 5.74) is 0. The number of benzene rings is 1. The molecular weight excluding hydrogens is 316 g/mol. The number of aliphatic hydroxyl groups is 1. The molecule has 0 saturated heterocycles. The Morgan fingerprint density at radius 3 is 2.48 bits per heavy atom. The molecule has 0 heterocycles. The Balaban J connectivity index is 2.28. The lowest BCUT2D eigenvalue weighted by atomic mass is 10.1. The highest BCUT2D eigenvalue weighted by atomic mass is 32.2. The van der Waals surface area contributed by atoms with Crippen LogP contribution in [-0.4, -0.2) is 34.6 Å². The molecule has 1 fully saturated rings. The third-order valence-electron chi connectivity index (χ3n) is 3.64. The first-order valence-electron chi connectivity index (χ1n) is 6.50. The fraction of sp³-hybridized carbons (Fsp3) is 0.500. The molecule has 1 aliphatic carbocycles. The maximum Gasteiger partial charge on any atom is 0.240 e. The summed E-state index contributed by atoms with van der Waals surface area (Å²) in [6.45, 7) is -0.0790. The summed E-state index contributed by atoms with van der Waals surface area (Å²) in [4.78, 5) is -0.409. The van der Waals surface area contributed by atoms with Crippen LogP contribution in [0.2, 0.25) is 0 Å². The van der Waals surface area contributed by atoms with E-state index >= 15 is 0 Å². The molecule has 0 amide bonds. The summed E-state index contributed by atoms with van der Waals surface area (Å²) in [5.74, 6) is -0.110. The van der Waals surface area contributed by atoms with Gasteiger partial charge >= 0.3 is 0 Å². The first-order valence-corrected chi connectivity index (χ1v) is 9.53. The second-order valence-electron chi connectivity index (χ2n) is 5.12. The van der Waals surface area contributed by atoms with Gasteiger partial charge in [0.25, 0.3) is 0 Å². The predicted octanol–water partition coefficient (Wildman–Crippen LogP) is -0.227. The van der Waals surface area contributed by atoms with Crippen LogP contribution in [0.25, 0.3) is 0 Å². The van der Waals surface area contributed by atoms with Crippen LogP contribution < -0.4 is 9.86 Å². The molecule has 0 radical (unpaired) electrons. The van der Waals surface area contributed by atoms with Gasteiger partial charge in [-0.2, -0.15) is 0 Å². The Morgan fingerprint density at radius 2 is 1.86 bits per heavy atom. The minimum Gasteiger partial charge on any atom is -0.396 e. The van der Waals surface area contributed by atoms with Crippen LogP contribution in [0, 0.1) is 5.92 Å². The third-order valence-corrected chi connectivity index (χ3v) is 6.04. The van der Waals surface area contributed by atoms with Crippen molar-refractivity contribution in [2.45, 2.75) is 35.1 Å². The van der Waals surface area contributed by atoms with Gasteiger partial charge in [0.1, 0.15) is 0 Å². The Labute approximate surface area is 124 Å². The number of sulfonamides is 2. The van der Waals surface area contributed by atoms with E-state index in [2.05, 4.69) is 4.72 Å². The van der Waals surface area contributed by atoms with Crippen molar-refractivity contribution in [2.75, 3.05) is 6.61 Å². The molecule has 0 aromatic heterocycles. The molecule has 4 N–H and O–H groups in total. The highest BCUT2D eigenvalue weighted by Crippen LogP contribution is 2.27. The van der Waals surface area contributed by atoms with Crippen molar-refractivity contribution < 1.29 is 21.9 Å². The Morgan fingerprint density at radius 1 is 1.19 bits per heavy atom. The minimum atomic E-state index is -3.96. The zero-order chi connectivity index (χ0) is 15.7. The van der Waals surface area contributed by atoms with Gasteiger partial charge in [-0.05, 0) is 37.0 Å². The molecule has 0 spiro atoms. The number of rotatable bonds is 5. The van der Waals surface area contributed by atoms with Gasteiger partial charge in [0.15, 0.2) is 0 Å². The van der Waals surface area contributed by atoms with Crippen molar-refractivity contribution in [3.63, 3.8) is 0 Å². The summed E-state index contributed by atoms with van der Waals surface area (Å²) in [6.07, 6.45) is 2.26. The van der Waals surface area contributed by atoms with E-state index < -0.39 is 20.0 Å². The van der Waals surface area contributed by atoms with Crippen LogP contribution in [0.15, 0.2) is 34.1 Å². The molecule has 1 saturated carbocycles. The van der Waals surface area contributed by atoms with Crippen LogP contribution in [0.3, 0.4) is 0 Å². The van der Waals surface area contributed by atoms with E-state index in [1.54, 1.807) is 0 Å². The SMILES string of the molecule is NS(=O)(=O)c1cccc(S(=O)(=O)NC2CCCC2CO)c1. The average molecular weight is 334 g/mol. The van der Waals surface area contributed by atoms with Crippen molar-refractivity contribution in [1.29, 1.82) is 0 Å². The highest BCUT2D eigenvalue weighted by molar-refractivity contribution is 7.90. The monoisotopic (exact) mass is 334 g/mol. The van der Waals surface area contributed by atoms with E-state index in [1.807, 2.05) is 0 Å². The summed E-state index contributed by atoms with van der Waals surface area (Å²) >= 11 is 0. The first kappa shape index (κ1) is 16.4. The highest BCUT2D eigenvalue weighted by Gasteiger charge is 2.31. The summed E-state index contributed by atoms with van der Waals surface area (Å²) < 4.78 is 49.7. The topological polar surface area (TPSA) is 127 Å². The molecule has 1 aromatic rings. The zero-order valence-electron chi connectivity index (χ0n) is 11.3. The van der Waals surface area contributed by atoms with Gasteiger partial charge < -0.3 is 5.11 Å². The lowest BCUT2D eigenvalue weighted by Gasteiger charge is -2.19. The molecule has 0 bridgehead atoms. The molecular formula is C12H18N2O5S2. The number of nitrogens with one attached hydrogen (secondary N) is 1. The van der Waals surface area contributed by atoms with Crippen LogP contribution >= 0.6 is 0 Å². The van der Waals surface area contributed by atoms with Crippen molar-refractivity contribution in [2.24, 2.45) is 11.1 Å². The van der Waals surface area contributed by atoms with Crippen molar-refractivity contribution in [1.82, 2.24) is 4.72 Å². The Kier molecular flexibility index (Phi) is 4.69. The normalized spacial score (nSPS) is 23.3. The molecule has 1 aliphatic rings. The van der Waals surface area contributed by atoms with Gasteiger partial charge in [0.2, 0.25) is 20.0 Å². The van der Waals surface area contributed by atoms with Gasteiger partial charge in [-0.15, -0.1) is 0 Å². The summed E-state index contributed by atoms with van der Waals surface area (Å²) in [6, 6.07) is 4.56. The molecule has 2 atom stereocenters. The number of hydrogen-bond acceptors (Lipinski definition) is 5. The lowest BCUT2D eigenvalue weighted by molar-refractivity contribution is 0.213. The molecule has 2 unspecified atom stereocenters. The van der Waals surface area contributed by atoms with E-state index in [4.69, 9.17) is 5.14 Å². The quantitative estimate of drug-likeness (QED) is 0.686. The van der Waals surface area contributed by atoms with E-state index in [9.17, 15) is 21.9 Å². The van der Waals surface area contributed by atoms with E-state index in [0.717, 1.165) is 18.9 Å². The molecule has 2 rings (SSSR count). The molecule has 118 valence electrons. The third kappa shape index (κ3) is 3.80. The Bertz CT molecular complexity index is 715. The standard InChI is InChI=1S/C12H18N2O5S2/c13-20(16,17)10-4-2-5-11(7-10)21(18,19)14-12-6-1-3-9(12)8-15/h2,4-5,7,9,12,14-15H,1,3,6,8H2,(H2,13,16,17). The lowest BCUT2D eigenvalue weighted by Crippen LogP contribution is -2.38. The Hall–Kier alpha value is -1.00. The molecule has 21 heavy (non-hydrogen) atoms. The fourth-order valence-corrected chi connectivity index (χ4v) is 4.52. The molecule has 9 heteroatoms. The number of aliphatic hydroxyl groups excluding tert-OH is 1. The molecule has 7 nitrogen and oxygen atoms in total. The van der Waals surface area contributed by atoms with Gasteiger partial charge in [0.05, 0.1) is 9.79 Å². The van der Waals surface area contributed by atoms with E-state index in [1.165, 1.54) is 18.2 Å². The number of hydrogen-bond donors (Lipinski definition) is 3. The number of nitrogens with two attached hydrogens (primary N) is 1. The fourth-order valence-electron chi connectivity index (χ4n) is 2.50. The maximum atomic E-state index is 12.3. The second-order valence-corrected chi connectivity index (χ2v) is 8.40. The van der Waals surface area contributed by atoms with Crippen LogP contribution in [0.1, 0.15) is 19.3 Å². The zero-order valence-corrected chi connectivity index (χ0v) is 12.9. The molecule has 0 aliphatic heterocycles. The maximum absolute atomic E-state index is 12.3. The average Bonchev–Trinajstić information content (AvgIpc) is 2.84. The van der Waals surface area contributed by atoms with Crippen LogP contribution in [-0.2, 0) is 20.0 Å². The van der Waals surface area contributed by atoms with Crippen LogP contribution in [0.4, 0.5) is 0 Å². The van der Waals surface area contributed by atoms with Crippen LogP contribution in [0.5, 0.6) is 0 Å². The van der Waals surface area contributed by atoms with Gasteiger partial charge in [-0.25, -0.2) is 26.7 Å². The van der Waals surface area contributed by atoms with Gasteiger partial charge in [0, 0.05) is 12.6 Å². The molecule has 1 aromatic carbocycles. The van der Waals surface area contributed by atoms with Gasteiger partial charge in [-0.1, -0.05) is 12.5 Å². The largest absolute Gasteiger partial charge is 0.396 e. The predicted molar refractivity (Wildman–Crippen MR) is 76.4 cm³/mol.